The summed E-state index contributed by atoms with van der Waals surface area (Å²) in [6.07, 6.45) is 15.3. The van der Waals surface area contributed by atoms with E-state index in [2.05, 4.69) is 24.4 Å². The summed E-state index contributed by atoms with van der Waals surface area (Å²) >= 11 is 0. The van der Waals surface area contributed by atoms with E-state index in [4.69, 9.17) is 4.74 Å². The van der Waals surface area contributed by atoms with Crippen molar-refractivity contribution in [1.29, 1.82) is 0 Å². The molecule has 2 saturated carbocycles. The number of rotatable bonds is 2. The lowest BCUT2D eigenvalue weighted by Gasteiger charge is -2.45. The predicted octanol–water partition coefficient (Wildman–Crippen LogP) is 3.69. The van der Waals surface area contributed by atoms with Crippen molar-refractivity contribution >= 4 is 5.97 Å². The lowest BCUT2D eigenvalue weighted by atomic mass is 9.58. The second-order valence-corrected chi connectivity index (χ2v) is 8.41. The van der Waals surface area contributed by atoms with Gasteiger partial charge in [-0.25, -0.2) is 0 Å². The van der Waals surface area contributed by atoms with Crippen LogP contribution in [-0.2, 0) is 9.53 Å². The fourth-order valence-electron chi connectivity index (χ4n) is 5.78. The van der Waals surface area contributed by atoms with E-state index in [0.717, 1.165) is 18.3 Å². The maximum Gasteiger partial charge on any atom is 0.309 e. The van der Waals surface area contributed by atoms with Crippen LogP contribution in [0.3, 0.4) is 0 Å². The third kappa shape index (κ3) is 3.09. The second kappa shape index (κ2) is 6.58. The van der Waals surface area contributed by atoms with Crippen LogP contribution < -0.4 is 5.32 Å². The van der Waals surface area contributed by atoms with Crippen LogP contribution in [-0.4, -0.2) is 24.7 Å². The Labute approximate surface area is 140 Å². The third-order valence-corrected chi connectivity index (χ3v) is 6.97. The highest BCUT2D eigenvalue weighted by atomic mass is 16.5. The average Bonchev–Trinajstić information content (AvgIpc) is 2.93. The number of esters is 1. The molecule has 3 nitrogen and oxygen atoms in total. The first-order chi connectivity index (χ1) is 11.2. The number of hydrogen-bond acceptors (Lipinski definition) is 3. The first-order valence-corrected chi connectivity index (χ1v) is 9.83. The van der Waals surface area contributed by atoms with Gasteiger partial charge in [0, 0.05) is 18.0 Å². The Morgan fingerprint density at radius 3 is 2.78 bits per heavy atom. The van der Waals surface area contributed by atoms with Crippen molar-refractivity contribution in [2.45, 2.75) is 70.4 Å². The van der Waals surface area contributed by atoms with E-state index >= 15 is 0 Å². The highest BCUT2D eigenvalue weighted by Gasteiger charge is 2.50. The van der Waals surface area contributed by atoms with Gasteiger partial charge in [-0.15, -0.1) is 0 Å². The number of ether oxygens (including phenoxy) is 1. The molecular weight excluding hydrogens is 286 g/mol. The fourth-order valence-corrected chi connectivity index (χ4v) is 5.78. The molecule has 0 aromatic heterocycles. The molecule has 0 spiro atoms. The van der Waals surface area contributed by atoms with Gasteiger partial charge >= 0.3 is 5.97 Å². The fraction of sp³-hybridized carbons (Fsp3) is 0.850. The van der Waals surface area contributed by atoms with Crippen molar-refractivity contribution in [2.24, 2.45) is 29.6 Å². The summed E-state index contributed by atoms with van der Waals surface area (Å²) in [5.74, 6) is 2.81. The summed E-state index contributed by atoms with van der Waals surface area (Å²) in [6.45, 7) is 2.95. The van der Waals surface area contributed by atoms with E-state index in [1.807, 2.05) is 0 Å². The highest BCUT2D eigenvalue weighted by Crippen LogP contribution is 2.51. The Kier molecular flexibility index (Phi) is 4.49. The monoisotopic (exact) mass is 317 g/mol. The van der Waals surface area contributed by atoms with Crippen LogP contribution in [0.1, 0.15) is 58.3 Å². The Hall–Kier alpha value is -0.830. The molecule has 23 heavy (non-hydrogen) atoms. The van der Waals surface area contributed by atoms with Crippen molar-refractivity contribution in [3.8, 4) is 0 Å². The SMILES string of the molecule is C[C@@H]1CCC[C@@H](/C=C/[C@@H]2[C@H]3COC(=O)[C@H]3C[C@H]3CCCC[C@@H]32)N1. The van der Waals surface area contributed by atoms with Gasteiger partial charge in [0.2, 0.25) is 0 Å². The largest absolute Gasteiger partial charge is 0.465 e. The molecule has 4 rings (SSSR count). The summed E-state index contributed by atoms with van der Waals surface area (Å²) in [5.41, 5.74) is 0. The summed E-state index contributed by atoms with van der Waals surface area (Å²) in [4.78, 5) is 12.1. The number of hydrogen-bond donors (Lipinski definition) is 1. The van der Waals surface area contributed by atoms with E-state index in [-0.39, 0.29) is 11.9 Å². The second-order valence-electron chi connectivity index (χ2n) is 8.41. The van der Waals surface area contributed by atoms with E-state index in [1.54, 1.807) is 0 Å². The predicted molar refractivity (Wildman–Crippen MR) is 90.9 cm³/mol. The highest BCUT2D eigenvalue weighted by molar-refractivity contribution is 5.75. The van der Waals surface area contributed by atoms with Crippen LogP contribution in [0.5, 0.6) is 0 Å². The normalized spacial score (nSPS) is 47.2. The van der Waals surface area contributed by atoms with Gasteiger partial charge in [-0.2, -0.15) is 0 Å². The molecule has 0 unspecified atom stereocenters. The third-order valence-electron chi connectivity index (χ3n) is 6.97. The summed E-state index contributed by atoms with van der Waals surface area (Å²) in [5, 5.41) is 3.71. The Balaban J connectivity index is 1.52. The van der Waals surface area contributed by atoms with Gasteiger partial charge in [0.15, 0.2) is 0 Å². The van der Waals surface area contributed by atoms with Crippen molar-refractivity contribution in [3.05, 3.63) is 12.2 Å². The van der Waals surface area contributed by atoms with Gasteiger partial charge in [-0.3, -0.25) is 4.79 Å². The first-order valence-electron chi connectivity index (χ1n) is 9.83. The van der Waals surface area contributed by atoms with E-state index in [9.17, 15) is 4.79 Å². The minimum atomic E-state index is 0.0850. The zero-order chi connectivity index (χ0) is 15.8. The number of cyclic esters (lactones) is 1. The molecule has 4 aliphatic rings. The number of fused-ring (bicyclic) bond motifs is 2. The molecule has 2 saturated heterocycles. The molecule has 1 N–H and O–H groups in total. The Bertz CT molecular complexity index is 474. The van der Waals surface area contributed by atoms with Crippen LogP contribution >= 0.6 is 0 Å². The molecule has 0 amide bonds. The minimum absolute atomic E-state index is 0.0850. The van der Waals surface area contributed by atoms with Gasteiger partial charge in [0.1, 0.15) is 0 Å². The average molecular weight is 317 g/mol. The summed E-state index contributed by atoms with van der Waals surface area (Å²) < 4.78 is 5.46. The molecule has 3 heteroatoms. The molecule has 128 valence electrons. The molecule has 4 fully saturated rings. The van der Waals surface area contributed by atoms with Gasteiger partial charge in [-0.05, 0) is 50.4 Å². The van der Waals surface area contributed by atoms with E-state index in [1.165, 1.54) is 44.9 Å². The van der Waals surface area contributed by atoms with Crippen molar-refractivity contribution in [3.63, 3.8) is 0 Å². The minimum Gasteiger partial charge on any atom is -0.465 e. The van der Waals surface area contributed by atoms with Gasteiger partial charge in [0.05, 0.1) is 12.5 Å². The van der Waals surface area contributed by atoms with Crippen LogP contribution in [0, 0.1) is 29.6 Å². The first kappa shape index (κ1) is 15.7. The standard InChI is InChI=1S/C20H31NO2/c1-13-5-4-7-15(21-13)9-10-17-16-8-3-2-6-14(16)11-18-19(17)12-23-20(18)22/h9-10,13-19,21H,2-8,11-12H2,1H3/b10-9+/t13-,14-,15+,16+,17+,18+,19-/m1/s1. The van der Waals surface area contributed by atoms with E-state index in [0.29, 0.717) is 30.5 Å². The van der Waals surface area contributed by atoms with Crippen LogP contribution in [0.2, 0.25) is 0 Å². The molecule has 0 radical (unpaired) electrons. The molecule has 7 atom stereocenters. The van der Waals surface area contributed by atoms with E-state index < -0.39 is 0 Å². The zero-order valence-electron chi connectivity index (χ0n) is 14.4. The van der Waals surface area contributed by atoms with Crippen LogP contribution in [0.25, 0.3) is 0 Å². The van der Waals surface area contributed by atoms with Crippen molar-refractivity contribution in [2.75, 3.05) is 6.61 Å². The van der Waals surface area contributed by atoms with Crippen molar-refractivity contribution < 1.29 is 9.53 Å². The molecule has 0 aromatic carbocycles. The van der Waals surface area contributed by atoms with Gasteiger partial charge < -0.3 is 10.1 Å². The molecule has 0 aromatic rings. The van der Waals surface area contributed by atoms with Crippen molar-refractivity contribution in [1.82, 2.24) is 5.32 Å². The number of allylic oxidation sites excluding steroid dienone is 1. The molecule has 2 aliphatic carbocycles. The lowest BCUT2D eigenvalue weighted by Crippen LogP contribution is -2.42. The number of carbonyl (C=O) groups is 1. The number of carbonyl (C=O) groups excluding carboxylic acids is 1. The number of piperidine rings is 1. The topological polar surface area (TPSA) is 38.3 Å². The van der Waals surface area contributed by atoms with Gasteiger partial charge in [-0.1, -0.05) is 37.8 Å². The summed E-state index contributed by atoms with van der Waals surface area (Å²) in [6, 6.07) is 1.16. The quantitative estimate of drug-likeness (QED) is 0.623. The Morgan fingerprint density at radius 2 is 1.91 bits per heavy atom. The van der Waals surface area contributed by atoms with Crippen LogP contribution in [0.4, 0.5) is 0 Å². The zero-order valence-corrected chi connectivity index (χ0v) is 14.4. The molecular formula is C20H31NO2. The smallest absolute Gasteiger partial charge is 0.309 e. The number of nitrogens with one attached hydrogen (secondary N) is 1. The molecule has 2 heterocycles. The maximum absolute atomic E-state index is 12.1. The molecule has 0 bridgehead atoms. The molecule has 2 aliphatic heterocycles. The summed E-state index contributed by atoms with van der Waals surface area (Å²) in [7, 11) is 0. The maximum atomic E-state index is 12.1. The van der Waals surface area contributed by atoms with Crippen LogP contribution in [0.15, 0.2) is 12.2 Å². The Morgan fingerprint density at radius 1 is 1.04 bits per heavy atom. The lowest BCUT2D eigenvalue weighted by molar-refractivity contribution is -0.142. The van der Waals surface area contributed by atoms with Gasteiger partial charge in [0.25, 0.3) is 0 Å².